The van der Waals surface area contributed by atoms with Crippen LogP contribution in [0.25, 0.3) is 0 Å². The molecule has 1 aromatic carbocycles. The Bertz CT molecular complexity index is 754. The molecule has 0 aliphatic carbocycles. The van der Waals surface area contributed by atoms with Gasteiger partial charge in [0.25, 0.3) is 0 Å². The quantitative estimate of drug-likeness (QED) is 0.941. The Balaban J connectivity index is 1.61. The Morgan fingerprint density at radius 2 is 2.26 bits per heavy atom. The van der Waals surface area contributed by atoms with Gasteiger partial charge in [-0.1, -0.05) is 12.1 Å². The highest BCUT2D eigenvalue weighted by molar-refractivity contribution is 5.80. The third-order valence-corrected chi connectivity index (χ3v) is 3.72. The average Bonchev–Trinajstić information content (AvgIpc) is 2.87. The molecule has 0 spiro atoms. The second kappa shape index (κ2) is 6.44. The van der Waals surface area contributed by atoms with E-state index in [0.29, 0.717) is 30.9 Å². The third kappa shape index (κ3) is 3.64. The number of carbonyl (C=O) groups excluding carboxylic acids is 1. The van der Waals surface area contributed by atoms with Crippen LogP contribution >= 0.6 is 0 Å². The van der Waals surface area contributed by atoms with E-state index < -0.39 is 0 Å². The van der Waals surface area contributed by atoms with E-state index in [9.17, 15) is 9.18 Å². The number of halogens is 1. The maximum absolute atomic E-state index is 13.2. The maximum Gasteiger partial charge on any atom is 0.225 e. The number of nitrogens with one attached hydrogen (secondary N) is 1. The fourth-order valence-electron chi connectivity index (χ4n) is 2.63. The van der Waals surface area contributed by atoms with E-state index in [-0.39, 0.29) is 17.8 Å². The first-order valence-corrected chi connectivity index (χ1v) is 7.29. The number of aromatic nitrogens is 1. The summed E-state index contributed by atoms with van der Waals surface area (Å²) in [6, 6.07) is 11.6. The van der Waals surface area contributed by atoms with Crippen molar-refractivity contribution in [1.82, 2.24) is 9.88 Å². The van der Waals surface area contributed by atoms with E-state index in [1.807, 2.05) is 6.07 Å². The molecule has 1 N–H and O–H groups in total. The third-order valence-electron chi connectivity index (χ3n) is 3.72. The molecule has 0 bridgehead atoms. The van der Waals surface area contributed by atoms with Gasteiger partial charge < -0.3 is 10.2 Å². The largest absolute Gasteiger partial charge is 0.365 e. The second-order valence-corrected chi connectivity index (χ2v) is 5.49. The summed E-state index contributed by atoms with van der Waals surface area (Å²) in [4.78, 5) is 17.9. The summed E-state index contributed by atoms with van der Waals surface area (Å²) >= 11 is 0. The zero-order valence-electron chi connectivity index (χ0n) is 12.4. The number of carbonyl (C=O) groups is 1. The number of hydrogen-bond donors (Lipinski definition) is 1. The monoisotopic (exact) mass is 310 g/mol. The highest BCUT2D eigenvalue weighted by Crippen LogP contribution is 2.18. The molecule has 1 fully saturated rings. The standard InChI is InChI=1S/C17H15FN4O/c18-14-3-1-2-12(6-14)10-22-11-15(7-17(22)23)21-16-5-4-13(8-19)9-20-16/h1-6,9,15H,7,10-11H2,(H,20,21)/t15-/m1/s1. The zero-order chi connectivity index (χ0) is 16.2. The molecule has 1 amide bonds. The van der Waals surface area contributed by atoms with Crippen LogP contribution in [0.3, 0.4) is 0 Å². The van der Waals surface area contributed by atoms with Crippen molar-refractivity contribution in [3.63, 3.8) is 0 Å². The van der Waals surface area contributed by atoms with E-state index in [2.05, 4.69) is 10.3 Å². The molecule has 0 saturated carbocycles. The predicted molar refractivity (Wildman–Crippen MR) is 82.8 cm³/mol. The van der Waals surface area contributed by atoms with Gasteiger partial charge in [0.05, 0.1) is 11.6 Å². The number of likely N-dealkylation sites (tertiary alicyclic amines) is 1. The lowest BCUT2D eigenvalue weighted by atomic mass is 10.2. The molecule has 2 heterocycles. The van der Waals surface area contributed by atoms with E-state index in [1.165, 1.54) is 18.3 Å². The number of amides is 1. The molecule has 1 aromatic heterocycles. The zero-order valence-corrected chi connectivity index (χ0v) is 12.4. The number of benzene rings is 1. The number of nitrogens with zero attached hydrogens (tertiary/aromatic N) is 3. The van der Waals surface area contributed by atoms with Gasteiger partial charge in [0.1, 0.15) is 17.7 Å². The fourth-order valence-corrected chi connectivity index (χ4v) is 2.63. The lowest BCUT2D eigenvalue weighted by Gasteiger charge is -2.17. The summed E-state index contributed by atoms with van der Waals surface area (Å²) in [7, 11) is 0. The van der Waals surface area contributed by atoms with E-state index >= 15 is 0 Å². The first kappa shape index (κ1) is 15.0. The highest BCUT2D eigenvalue weighted by atomic mass is 19.1. The average molecular weight is 310 g/mol. The minimum absolute atomic E-state index is 0.0282. The van der Waals surface area contributed by atoms with Crippen molar-refractivity contribution in [3.05, 3.63) is 59.5 Å². The van der Waals surface area contributed by atoms with Gasteiger partial charge >= 0.3 is 0 Å². The summed E-state index contributed by atoms with van der Waals surface area (Å²) in [5.41, 5.74) is 1.27. The molecule has 1 atom stereocenters. The van der Waals surface area contributed by atoms with Crippen molar-refractivity contribution < 1.29 is 9.18 Å². The highest BCUT2D eigenvalue weighted by Gasteiger charge is 2.29. The van der Waals surface area contributed by atoms with Gasteiger partial charge in [0.15, 0.2) is 0 Å². The molecule has 0 unspecified atom stereocenters. The van der Waals surface area contributed by atoms with Gasteiger partial charge in [0.2, 0.25) is 5.91 Å². The molecule has 6 heteroatoms. The Labute approximate surface area is 133 Å². The van der Waals surface area contributed by atoms with Crippen molar-refractivity contribution in [2.45, 2.75) is 19.0 Å². The molecule has 2 aromatic rings. The molecule has 0 radical (unpaired) electrons. The first-order valence-electron chi connectivity index (χ1n) is 7.29. The van der Waals surface area contributed by atoms with Crippen molar-refractivity contribution in [2.75, 3.05) is 11.9 Å². The molecular formula is C17H15FN4O. The van der Waals surface area contributed by atoms with Crippen molar-refractivity contribution in [2.24, 2.45) is 0 Å². The van der Waals surface area contributed by atoms with Gasteiger partial charge in [0, 0.05) is 25.7 Å². The smallest absolute Gasteiger partial charge is 0.225 e. The van der Waals surface area contributed by atoms with E-state index in [1.54, 1.807) is 29.2 Å². The molecule has 1 saturated heterocycles. The molecule has 23 heavy (non-hydrogen) atoms. The lowest BCUT2D eigenvalue weighted by molar-refractivity contribution is -0.128. The summed E-state index contributed by atoms with van der Waals surface area (Å²) in [5.74, 6) is 0.361. The summed E-state index contributed by atoms with van der Waals surface area (Å²) < 4.78 is 13.2. The normalized spacial score (nSPS) is 17.1. The lowest BCUT2D eigenvalue weighted by Crippen LogP contribution is -2.27. The van der Waals surface area contributed by atoms with Crippen LogP contribution in [0.1, 0.15) is 17.5 Å². The minimum atomic E-state index is -0.300. The SMILES string of the molecule is N#Cc1ccc(N[C@@H]2CC(=O)N(Cc3cccc(F)c3)C2)nc1. The minimum Gasteiger partial charge on any atom is -0.365 e. The van der Waals surface area contributed by atoms with Crippen LogP contribution in [0.4, 0.5) is 10.2 Å². The number of pyridine rings is 1. The van der Waals surface area contributed by atoms with Crippen LogP contribution < -0.4 is 5.32 Å². The van der Waals surface area contributed by atoms with Gasteiger partial charge in [-0.2, -0.15) is 5.26 Å². The van der Waals surface area contributed by atoms with E-state index in [4.69, 9.17) is 5.26 Å². The number of anilines is 1. The topological polar surface area (TPSA) is 69.0 Å². The Kier molecular flexibility index (Phi) is 4.20. The Hall–Kier alpha value is -2.94. The van der Waals surface area contributed by atoms with Crippen LogP contribution in [0, 0.1) is 17.1 Å². The van der Waals surface area contributed by atoms with Crippen LogP contribution in [-0.4, -0.2) is 28.4 Å². The number of rotatable bonds is 4. The summed E-state index contributed by atoms with van der Waals surface area (Å²) in [6.07, 6.45) is 1.86. The van der Waals surface area contributed by atoms with Gasteiger partial charge in [-0.3, -0.25) is 4.79 Å². The second-order valence-electron chi connectivity index (χ2n) is 5.49. The van der Waals surface area contributed by atoms with Crippen molar-refractivity contribution >= 4 is 11.7 Å². The molecule has 5 nitrogen and oxygen atoms in total. The Morgan fingerprint density at radius 3 is 2.96 bits per heavy atom. The molecule has 3 rings (SSSR count). The number of hydrogen-bond acceptors (Lipinski definition) is 4. The van der Waals surface area contributed by atoms with Crippen LogP contribution in [0.5, 0.6) is 0 Å². The van der Waals surface area contributed by atoms with Crippen molar-refractivity contribution in [3.8, 4) is 6.07 Å². The molecule has 116 valence electrons. The maximum atomic E-state index is 13.2. The number of nitriles is 1. The van der Waals surface area contributed by atoms with Crippen LogP contribution in [0.2, 0.25) is 0 Å². The first-order chi connectivity index (χ1) is 11.1. The molecule has 1 aliphatic rings. The van der Waals surface area contributed by atoms with Gasteiger partial charge in [-0.15, -0.1) is 0 Å². The van der Waals surface area contributed by atoms with Crippen LogP contribution in [-0.2, 0) is 11.3 Å². The van der Waals surface area contributed by atoms with Crippen molar-refractivity contribution in [1.29, 1.82) is 5.26 Å². The summed E-state index contributed by atoms with van der Waals surface area (Å²) in [6.45, 7) is 0.937. The molecular weight excluding hydrogens is 295 g/mol. The Morgan fingerprint density at radius 1 is 1.39 bits per heavy atom. The van der Waals surface area contributed by atoms with Gasteiger partial charge in [-0.05, 0) is 29.8 Å². The molecule has 1 aliphatic heterocycles. The summed E-state index contributed by atoms with van der Waals surface area (Å²) in [5, 5.41) is 11.9. The van der Waals surface area contributed by atoms with Gasteiger partial charge in [-0.25, -0.2) is 9.37 Å². The fraction of sp³-hybridized carbons (Fsp3) is 0.235. The predicted octanol–water partition coefficient (Wildman–Crippen LogP) is 2.31. The van der Waals surface area contributed by atoms with Crippen LogP contribution in [0.15, 0.2) is 42.6 Å². The van der Waals surface area contributed by atoms with E-state index in [0.717, 1.165) is 5.56 Å².